The van der Waals surface area contributed by atoms with E-state index < -0.39 is 49.0 Å². The first-order valence-corrected chi connectivity index (χ1v) is 7.94. The SMILES string of the molecule is FC(F)(Cl)C(F)(Cl)c1nc(C(F)(Cl)C(F)(F)Cl)nc(C(F)(Cl)C(F)(F)Cl)n1. The van der Waals surface area contributed by atoms with Crippen LogP contribution in [0.4, 0.5) is 39.5 Å². The molecule has 3 unspecified atom stereocenters. The van der Waals surface area contributed by atoms with Gasteiger partial charge in [-0.3, -0.25) is 0 Å². The molecule has 0 fully saturated rings. The van der Waals surface area contributed by atoms with Crippen LogP contribution in [0.15, 0.2) is 0 Å². The van der Waals surface area contributed by atoms with Crippen molar-refractivity contribution in [1.82, 2.24) is 15.0 Å². The van der Waals surface area contributed by atoms with E-state index >= 15 is 0 Å². The molecule has 0 amide bonds. The molecule has 156 valence electrons. The minimum Gasteiger partial charge on any atom is -0.209 e. The van der Waals surface area contributed by atoms with E-state index in [1.54, 1.807) is 0 Å². The van der Waals surface area contributed by atoms with Gasteiger partial charge in [0.2, 0.25) is 0 Å². The molecule has 0 N–H and O–H groups in total. The first-order valence-electron chi connectivity index (χ1n) is 5.68. The van der Waals surface area contributed by atoms with E-state index in [1.165, 1.54) is 0 Å². The fourth-order valence-corrected chi connectivity index (χ4v) is 1.68. The van der Waals surface area contributed by atoms with Gasteiger partial charge >= 0.3 is 31.5 Å². The quantitative estimate of drug-likeness (QED) is 0.312. The zero-order valence-electron chi connectivity index (χ0n) is 11.5. The molecule has 0 aliphatic rings. The number of alkyl halides is 15. The largest absolute Gasteiger partial charge is 0.376 e. The summed E-state index contributed by atoms with van der Waals surface area (Å²) in [7, 11) is 0. The van der Waals surface area contributed by atoms with Gasteiger partial charge < -0.3 is 0 Å². The highest BCUT2D eigenvalue weighted by molar-refractivity contribution is 6.33. The number of halogens is 15. The maximum Gasteiger partial charge on any atom is 0.376 e. The molecule has 18 heteroatoms. The molecule has 0 saturated heterocycles. The van der Waals surface area contributed by atoms with Gasteiger partial charge in [0.05, 0.1) is 0 Å². The van der Waals surface area contributed by atoms with Gasteiger partial charge in [0, 0.05) is 0 Å². The van der Waals surface area contributed by atoms with Crippen molar-refractivity contribution in [1.29, 1.82) is 0 Å². The van der Waals surface area contributed by atoms with Gasteiger partial charge in [0.1, 0.15) is 0 Å². The van der Waals surface area contributed by atoms with Gasteiger partial charge in [-0.15, -0.1) is 0 Å². The third-order valence-electron chi connectivity index (χ3n) is 2.55. The standard InChI is InChI=1S/C9Cl6F9N3/c10-4(16,7(13,19)20)1-25-2(5(11,17)8(14,21)22)27-3(26-1)6(12,18)9(15,23)24. The highest BCUT2D eigenvalue weighted by atomic mass is 35.5. The number of hydrogen-bond donors (Lipinski definition) is 0. The van der Waals surface area contributed by atoms with Gasteiger partial charge in [-0.1, -0.05) is 34.8 Å². The summed E-state index contributed by atoms with van der Waals surface area (Å²) < 4.78 is 120. The Morgan fingerprint density at radius 1 is 0.407 bits per heavy atom. The second-order valence-electron chi connectivity index (χ2n) is 4.52. The van der Waals surface area contributed by atoms with Crippen molar-refractivity contribution in [2.24, 2.45) is 0 Å². The lowest BCUT2D eigenvalue weighted by molar-refractivity contribution is -0.0409. The molecule has 0 aromatic carbocycles. The Bertz CT molecular complexity index is 605. The first kappa shape index (κ1) is 25.2. The third-order valence-corrected chi connectivity index (χ3v) is 4.84. The highest BCUT2D eigenvalue weighted by Gasteiger charge is 2.63. The minimum atomic E-state index is -5.16. The molecule has 0 aliphatic heterocycles. The van der Waals surface area contributed by atoms with Crippen LogP contribution < -0.4 is 0 Å². The fraction of sp³-hybridized carbons (Fsp3) is 0.667. The van der Waals surface area contributed by atoms with E-state index in [1.807, 2.05) is 0 Å². The average Bonchev–Trinajstić information content (AvgIpc) is 2.43. The summed E-state index contributed by atoms with van der Waals surface area (Å²) >= 11 is 27.2. The van der Waals surface area contributed by atoms with Crippen LogP contribution in [-0.4, -0.2) is 31.1 Å². The summed E-state index contributed by atoms with van der Waals surface area (Å²) in [5, 5.41) is -29.8. The van der Waals surface area contributed by atoms with Crippen molar-refractivity contribution in [2.45, 2.75) is 31.5 Å². The molecule has 0 bridgehead atoms. The maximum absolute atomic E-state index is 14.0. The molecular weight excluding hydrogens is 534 g/mol. The Hall–Kier alpha value is 0.120. The number of hydrogen-bond acceptors (Lipinski definition) is 3. The topological polar surface area (TPSA) is 38.7 Å². The lowest BCUT2D eigenvalue weighted by Crippen LogP contribution is -2.41. The van der Waals surface area contributed by atoms with Crippen molar-refractivity contribution >= 4 is 69.6 Å². The predicted octanol–water partition coefficient (Wildman–Crippen LogP) is 6.45. The fourth-order valence-electron chi connectivity index (χ4n) is 1.18. The van der Waals surface area contributed by atoms with Crippen LogP contribution in [0, 0.1) is 0 Å². The van der Waals surface area contributed by atoms with E-state index in [0.717, 1.165) is 0 Å². The van der Waals surface area contributed by atoms with E-state index in [-0.39, 0.29) is 0 Å². The summed E-state index contributed by atoms with van der Waals surface area (Å²) in [4.78, 5) is 7.28. The van der Waals surface area contributed by atoms with Crippen molar-refractivity contribution in [3.05, 3.63) is 17.5 Å². The molecule has 1 aromatic rings. The Balaban J connectivity index is 3.90. The molecule has 3 nitrogen and oxygen atoms in total. The van der Waals surface area contributed by atoms with Crippen LogP contribution in [0.25, 0.3) is 0 Å². The monoisotopic (exact) mass is 531 g/mol. The third kappa shape index (κ3) is 4.66. The highest BCUT2D eigenvalue weighted by Crippen LogP contribution is 2.52. The van der Waals surface area contributed by atoms with E-state index in [9.17, 15) is 39.5 Å². The van der Waals surface area contributed by atoms with Crippen molar-refractivity contribution < 1.29 is 39.5 Å². The average molecular weight is 534 g/mol. The second-order valence-corrected chi connectivity index (χ2v) is 7.51. The van der Waals surface area contributed by atoms with Gasteiger partial charge in [0.25, 0.3) is 0 Å². The Kier molecular flexibility index (Phi) is 6.63. The van der Waals surface area contributed by atoms with Gasteiger partial charge in [-0.05, 0) is 34.8 Å². The lowest BCUT2D eigenvalue weighted by atomic mass is 10.2. The summed E-state index contributed by atoms with van der Waals surface area (Å²) in [6.07, 6.45) is 0. The van der Waals surface area contributed by atoms with Crippen molar-refractivity contribution in [3.63, 3.8) is 0 Å². The summed E-state index contributed by atoms with van der Waals surface area (Å²) in [5.74, 6) is -6.93. The molecule has 0 saturated carbocycles. The van der Waals surface area contributed by atoms with Crippen LogP contribution in [-0.2, 0) is 15.4 Å². The maximum atomic E-state index is 14.0. The molecule has 3 atom stereocenters. The van der Waals surface area contributed by atoms with Crippen LogP contribution in [0.1, 0.15) is 17.5 Å². The van der Waals surface area contributed by atoms with Crippen molar-refractivity contribution in [2.75, 3.05) is 0 Å². The Morgan fingerprint density at radius 3 is 0.667 bits per heavy atom. The summed E-state index contributed by atoms with van der Waals surface area (Å²) in [5.41, 5.74) is 0. The lowest BCUT2D eigenvalue weighted by Gasteiger charge is -2.27. The summed E-state index contributed by atoms with van der Waals surface area (Å²) in [6.45, 7) is 0. The number of rotatable bonds is 6. The molecule has 0 spiro atoms. The first-order chi connectivity index (χ1) is 11.6. The van der Waals surface area contributed by atoms with E-state index in [4.69, 9.17) is 34.8 Å². The molecule has 1 rings (SSSR count). The van der Waals surface area contributed by atoms with E-state index in [2.05, 4.69) is 49.8 Å². The zero-order valence-corrected chi connectivity index (χ0v) is 16.0. The van der Waals surface area contributed by atoms with Crippen LogP contribution in [0.5, 0.6) is 0 Å². The number of nitrogens with zero attached hydrogens (tertiary/aromatic N) is 3. The molecule has 0 aliphatic carbocycles. The smallest absolute Gasteiger partial charge is 0.209 e. The Labute approximate surface area is 173 Å². The van der Waals surface area contributed by atoms with Gasteiger partial charge in [0.15, 0.2) is 17.5 Å². The van der Waals surface area contributed by atoms with Crippen LogP contribution in [0.2, 0.25) is 0 Å². The molecule has 1 aromatic heterocycles. The second kappa shape index (κ2) is 7.12. The molecule has 27 heavy (non-hydrogen) atoms. The molecule has 0 radical (unpaired) electrons. The van der Waals surface area contributed by atoms with Gasteiger partial charge in [-0.2, -0.15) is 26.3 Å². The predicted molar refractivity (Wildman–Crippen MR) is 78.1 cm³/mol. The van der Waals surface area contributed by atoms with Crippen LogP contribution >= 0.6 is 69.6 Å². The molecular formula is C9Cl6F9N3. The van der Waals surface area contributed by atoms with Gasteiger partial charge in [-0.25, -0.2) is 28.1 Å². The van der Waals surface area contributed by atoms with E-state index in [0.29, 0.717) is 0 Å². The van der Waals surface area contributed by atoms with Crippen LogP contribution in [0.3, 0.4) is 0 Å². The van der Waals surface area contributed by atoms with Crippen molar-refractivity contribution in [3.8, 4) is 0 Å². The zero-order chi connectivity index (χ0) is 21.9. The summed E-state index contributed by atoms with van der Waals surface area (Å²) in [6, 6.07) is 0. The normalized spacial score (nSPS) is 20.6. The number of aromatic nitrogens is 3. The molecule has 1 heterocycles. The Morgan fingerprint density at radius 2 is 0.556 bits per heavy atom. The minimum absolute atomic E-state index is 2.31.